The number of nitrogens with zero attached hydrogens (tertiary/aromatic N) is 1. The number of carbonyl (C=O) groups excluding carboxylic acids is 1. The van der Waals surface area contributed by atoms with E-state index in [1.807, 2.05) is 30.7 Å². The topological polar surface area (TPSA) is 34.0 Å². The fraction of sp³-hybridized carbons (Fsp3) is 0.353. The smallest absolute Gasteiger partial charge is 0.224 e. The minimum absolute atomic E-state index is 0.104. The van der Waals surface area contributed by atoms with Crippen LogP contribution < -0.4 is 5.32 Å². The Morgan fingerprint density at radius 3 is 2.77 bits per heavy atom. The summed E-state index contributed by atoms with van der Waals surface area (Å²) in [5, 5.41) is 2.87. The van der Waals surface area contributed by atoms with Crippen molar-refractivity contribution in [3.05, 3.63) is 58.9 Å². The molecule has 1 fully saturated rings. The summed E-state index contributed by atoms with van der Waals surface area (Å²) in [6.45, 7) is 2.44. The van der Waals surface area contributed by atoms with Gasteiger partial charge in [0.25, 0.3) is 0 Å². The fourth-order valence-electron chi connectivity index (χ4n) is 2.78. The van der Waals surface area contributed by atoms with Crippen LogP contribution >= 0.6 is 0 Å². The zero-order valence-corrected chi connectivity index (χ0v) is 12.6. The van der Waals surface area contributed by atoms with Crippen molar-refractivity contribution >= 4 is 5.91 Å². The third kappa shape index (κ3) is 2.75. The van der Waals surface area contributed by atoms with Gasteiger partial charge in [-0.05, 0) is 55.2 Å². The van der Waals surface area contributed by atoms with E-state index in [-0.39, 0.29) is 17.7 Å². The van der Waals surface area contributed by atoms with Crippen molar-refractivity contribution in [2.75, 3.05) is 0 Å². The molecule has 1 N–H and O–H groups in total. The Labute approximate surface area is 127 Å². The highest BCUT2D eigenvalue weighted by atomic mass is 19.1. The predicted octanol–water partition coefficient (Wildman–Crippen LogP) is 3.03. The Bertz CT molecular complexity index is 723. The largest absolute Gasteiger partial charge is 0.350 e. The van der Waals surface area contributed by atoms with Gasteiger partial charge in [-0.2, -0.15) is 0 Å². The lowest BCUT2D eigenvalue weighted by molar-refractivity contribution is -0.122. The highest BCUT2D eigenvalue weighted by Gasteiger charge is 2.45. The van der Waals surface area contributed by atoms with Gasteiger partial charge >= 0.3 is 0 Å². The maximum Gasteiger partial charge on any atom is 0.224 e. The van der Waals surface area contributed by atoms with Gasteiger partial charge in [0.15, 0.2) is 0 Å². The number of rotatable bonds is 4. The molecule has 0 unspecified atom stereocenters. The number of aromatic nitrogens is 1. The lowest BCUT2D eigenvalue weighted by Crippen LogP contribution is -2.26. The van der Waals surface area contributed by atoms with Crippen molar-refractivity contribution in [3.63, 3.8) is 0 Å². The molecular formula is C17H18F2N2O. The molecule has 5 heteroatoms. The number of benzene rings is 1. The third-order valence-electron chi connectivity index (χ3n) is 4.41. The summed E-state index contributed by atoms with van der Waals surface area (Å²) in [7, 11) is 1.94. The lowest BCUT2D eigenvalue weighted by atomic mass is 10.1. The summed E-state index contributed by atoms with van der Waals surface area (Å²) in [4.78, 5) is 12.1. The van der Waals surface area contributed by atoms with Crippen LogP contribution in [0.4, 0.5) is 8.78 Å². The predicted molar refractivity (Wildman–Crippen MR) is 79.2 cm³/mol. The Kier molecular flexibility index (Phi) is 3.72. The number of carbonyl (C=O) groups is 1. The first-order chi connectivity index (χ1) is 10.5. The molecule has 0 spiro atoms. The van der Waals surface area contributed by atoms with Gasteiger partial charge in [0.05, 0.1) is 6.54 Å². The molecule has 3 nitrogen and oxygen atoms in total. The van der Waals surface area contributed by atoms with E-state index in [1.165, 1.54) is 6.07 Å². The SMILES string of the molecule is Cc1ccc(CNC(=O)[C@H]2C[C@H]2c2cc(F)ccc2F)n1C. The summed E-state index contributed by atoms with van der Waals surface area (Å²) >= 11 is 0. The molecule has 22 heavy (non-hydrogen) atoms. The molecule has 1 aromatic heterocycles. The van der Waals surface area contributed by atoms with E-state index >= 15 is 0 Å². The molecule has 116 valence electrons. The molecule has 2 atom stereocenters. The summed E-state index contributed by atoms with van der Waals surface area (Å²) in [5.74, 6) is -1.50. The van der Waals surface area contributed by atoms with E-state index in [2.05, 4.69) is 5.32 Å². The van der Waals surface area contributed by atoms with E-state index in [0.29, 0.717) is 18.5 Å². The highest BCUT2D eigenvalue weighted by Crippen LogP contribution is 2.48. The maximum atomic E-state index is 13.7. The Morgan fingerprint density at radius 2 is 2.09 bits per heavy atom. The number of amides is 1. The van der Waals surface area contributed by atoms with Crippen molar-refractivity contribution in [1.29, 1.82) is 0 Å². The van der Waals surface area contributed by atoms with Crippen LogP contribution in [0.15, 0.2) is 30.3 Å². The molecule has 0 radical (unpaired) electrons. The van der Waals surface area contributed by atoms with Gasteiger partial charge in [-0.15, -0.1) is 0 Å². The molecule has 1 aromatic carbocycles. The van der Waals surface area contributed by atoms with E-state index < -0.39 is 11.6 Å². The number of halogens is 2. The fourth-order valence-corrected chi connectivity index (χ4v) is 2.78. The molecule has 3 rings (SSSR count). The quantitative estimate of drug-likeness (QED) is 0.925. The molecule has 1 saturated carbocycles. The minimum Gasteiger partial charge on any atom is -0.350 e. The summed E-state index contributed by atoms with van der Waals surface area (Å²) < 4.78 is 28.9. The molecule has 1 aliphatic rings. The maximum absolute atomic E-state index is 13.7. The lowest BCUT2D eigenvalue weighted by Gasteiger charge is -2.08. The number of nitrogens with one attached hydrogen (secondary N) is 1. The van der Waals surface area contributed by atoms with Crippen molar-refractivity contribution < 1.29 is 13.6 Å². The summed E-state index contributed by atoms with van der Waals surface area (Å²) in [6, 6.07) is 7.35. The third-order valence-corrected chi connectivity index (χ3v) is 4.41. The molecule has 2 aromatic rings. The molecular weight excluding hydrogens is 286 g/mol. The van der Waals surface area contributed by atoms with Crippen LogP contribution in [0.1, 0.15) is 29.3 Å². The second-order valence-corrected chi connectivity index (χ2v) is 5.86. The van der Waals surface area contributed by atoms with Crippen LogP contribution in [0, 0.1) is 24.5 Å². The standard InChI is InChI=1S/C17H18F2N2O/c1-10-3-5-12(21(10)2)9-20-17(22)15-8-13(15)14-7-11(18)4-6-16(14)19/h3-7,13,15H,8-9H2,1-2H3,(H,20,22)/t13-,15-/m0/s1. The van der Waals surface area contributed by atoms with Crippen molar-refractivity contribution in [3.8, 4) is 0 Å². The van der Waals surface area contributed by atoms with Crippen LogP contribution in [-0.4, -0.2) is 10.5 Å². The van der Waals surface area contributed by atoms with Gasteiger partial charge in [0, 0.05) is 24.4 Å². The monoisotopic (exact) mass is 304 g/mol. The van der Waals surface area contributed by atoms with Gasteiger partial charge in [-0.1, -0.05) is 0 Å². The Hall–Kier alpha value is -2.17. The molecule has 1 heterocycles. The molecule has 0 aliphatic heterocycles. The van der Waals surface area contributed by atoms with Gasteiger partial charge in [0.2, 0.25) is 5.91 Å². The van der Waals surface area contributed by atoms with Gasteiger partial charge < -0.3 is 9.88 Å². The number of hydrogen-bond donors (Lipinski definition) is 1. The van der Waals surface area contributed by atoms with Crippen molar-refractivity contribution in [1.82, 2.24) is 9.88 Å². The van der Waals surface area contributed by atoms with E-state index in [0.717, 1.165) is 23.5 Å². The first kappa shape index (κ1) is 14.8. The zero-order valence-electron chi connectivity index (χ0n) is 12.6. The van der Waals surface area contributed by atoms with Crippen LogP contribution in [0.3, 0.4) is 0 Å². The first-order valence-electron chi connectivity index (χ1n) is 7.31. The Balaban J connectivity index is 1.61. The molecule has 1 amide bonds. The average molecular weight is 304 g/mol. The average Bonchev–Trinajstić information content (AvgIpc) is 3.22. The second-order valence-electron chi connectivity index (χ2n) is 5.86. The van der Waals surface area contributed by atoms with E-state index in [1.54, 1.807) is 0 Å². The van der Waals surface area contributed by atoms with Gasteiger partial charge in [-0.25, -0.2) is 8.78 Å². The van der Waals surface area contributed by atoms with Gasteiger partial charge in [-0.3, -0.25) is 4.79 Å². The normalized spacial score (nSPS) is 20.0. The van der Waals surface area contributed by atoms with Gasteiger partial charge in [0.1, 0.15) is 11.6 Å². The van der Waals surface area contributed by atoms with Crippen LogP contribution in [-0.2, 0) is 18.4 Å². The van der Waals surface area contributed by atoms with Crippen LogP contribution in [0.5, 0.6) is 0 Å². The molecule has 1 aliphatic carbocycles. The Morgan fingerprint density at radius 1 is 1.32 bits per heavy atom. The van der Waals surface area contributed by atoms with E-state index in [9.17, 15) is 13.6 Å². The van der Waals surface area contributed by atoms with Crippen molar-refractivity contribution in [2.45, 2.75) is 25.8 Å². The highest BCUT2D eigenvalue weighted by molar-refractivity contribution is 5.82. The molecule has 0 saturated heterocycles. The van der Waals surface area contributed by atoms with E-state index in [4.69, 9.17) is 0 Å². The van der Waals surface area contributed by atoms with Crippen LogP contribution in [0.2, 0.25) is 0 Å². The van der Waals surface area contributed by atoms with Crippen molar-refractivity contribution in [2.24, 2.45) is 13.0 Å². The second kappa shape index (κ2) is 5.55. The first-order valence-corrected chi connectivity index (χ1v) is 7.31. The zero-order chi connectivity index (χ0) is 15.9. The summed E-state index contributed by atoms with van der Waals surface area (Å²) in [5.41, 5.74) is 2.44. The minimum atomic E-state index is -0.471. The number of hydrogen-bond acceptors (Lipinski definition) is 1. The van der Waals surface area contributed by atoms with Crippen LogP contribution in [0.25, 0.3) is 0 Å². The molecule has 0 bridgehead atoms. The summed E-state index contributed by atoms with van der Waals surface area (Å²) in [6.07, 6.45) is 0.568. The number of aryl methyl sites for hydroxylation is 1.